The number of carboxylic acid groups (broad SMARTS) is 1. The van der Waals surface area contributed by atoms with Gasteiger partial charge in [0.25, 0.3) is 0 Å². The third kappa shape index (κ3) is 8.14. The Balaban J connectivity index is 0.000000299. The Morgan fingerprint density at radius 3 is 2.16 bits per heavy atom. The summed E-state index contributed by atoms with van der Waals surface area (Å²) in [7, 11) is 0. The highest BCUT2D eigenvalue weighted by molar-refractivity contribution is 5.77. The smallest absolute Gasteiger partial charge is 0.327 e. The predicted octanol–water partition coefficient (Wildman–Crippen LogP) is 2.62. The average Bonchev–Trinajstić information content (AvgIpc) is 3.07. The van der Waals surface area contributed by atoms with Crippen molar-refractivity contribution in [2.24, 2.45) is 17.4 Å². The molecule has 0 aliphatic heterocycles. The number of carboxylic acids is 1. The number of esters is 1. The molecule has 1 aliphatic carbocycles. The highest BCUT2D eigenvalue weighted by Crippen LogP contribution is 2.23. The molecule has 1 aliphatic rings. The molecule has 5 N–H and O–H groups in total. The van der Waals surface area contributed by atoms with Crippen LogP contribution in [0, 0.1) is 5.92 Å². The van der Waals surface area contributed by atoms with Crippen molar-refractivity contribution < 1.29 is 19.4 Å². The lowest BCUT2D eigenvalue weighted by Gasteiger charge is -2.15. The summed E-state index contributed by atoms with van der Waals surface area (Å²) >= 11 is 0. The summed E-state index contributed by atoms with van der Waals surface area (Å²) in [5.41, 5.74) is 11.9. The van der Waals surface area contributed by atoms with Gasteiger partial charge >= 0.3 is 11.9 Å². The third-order valence-electron chi connectivity index (χ3n) is 4.04. The zero-order valence-electron chi connectivity index (χ0n) is 15.1. The van der Waals surface area contributed by atoms with E-state index in [9.17, 15) is 9.59 Å². The van der Waals surface area contributed by atoms with Gasteiger partial charge in [-0.05, 0) is 43.6 Å². The fraction of sp³-hybridized carbons (Fsp3) is 0.579. The van der Waals surface area contributed by atoms with E-state index in [-0.39, 0.29) is 12.1 Å². The van der Waals surface area contributed by atoms with Crippen molar-refractivity contribution in [2.45, 2.75) is 64.1 Å². The lowest BCUT2D eigenvalue weighted by atomic mass is 10.1. The van der Waals surface area contributed by atoms with Gasteiger partial charge in [-0.15, -0.1) is 0 Å². The molecule has 6 nitrogen and oxygen atoms in total. The molecular formula is C19H30N2O4. The fourth-order valence-electron chi connectivity index (χ4n) is 2.65. The number of aliphatic carboxylic acids is 1. The zero-order valence-corrected chi connectivity index (χ0v) is 15.1. The number of rotatable bonds is 6. The Kier molecular flexibility index (Phi) is 9.16. The van der Waals surface area contributed by atoms with Crippen molar-refractivity contribution in [1.29, 1.82) is 0 Å². The molecule has 1 aromatic carbocycles. The van der Waals surface area contributed by atoms with E-state index in [1.165, 1.54) is 0 Å². The Bertz CT molecular complexity index is 527. The number of benzene rings is 1. The maximum atomic E-state index is 11.8. The van der Waals surface area contributed by atoms with E-state index in [4.69, 9.17) is 21.3 Å². The van der Waals surface area contributed by atoms with Gasteiger partial charge in [0.05, 0.1) is 0 Å². The quantitative estimate of drug-likeness (QED) is 0.679. The number of nitrogens with two attached hydrogens (primary N) is 2. The summed E-state index contributed by atoms with van der Waals surface area (Å²) in [4.78, 5) is 21.9. The normalized spacial score (nSPS) is 16.7. The summed E-state index contributed by atoms with van der Waals surface area (Å²) < 4.78 is 5.36. The van der Waals surface area contributed by atoms with Crippen molar-refractivity contribution in [3.8, 4) is 0 Å². The minimum Gasteiger partial charge on any atom is -0.480 e. The van der Waals surface area contributed by atoms with Crippen LogP contribution in [0.2, 0.25) is 0 Å². The first-order chi connectivity index (χ1) is 11.8. The van der Waals surface area contributed by atoms with Crippen LogP contribution >= 0.6 is 0 Å². The van der Waals surface area contributed by atoms with Crippen LogP contribution in [0.5, 0.6) is 0 Å². The van der Waals surface area contributed by atoms with Crippen LogP contribution in [0.3, 0.4) is 0 Å². The summed E-state index contributed by atoms with van der Waals surface area (Å²) in [6.07, 6.45) is 4.90. The molecule has 1 saturated carbocycles. The molecule has 2 rings (SSSR count). The van der Waals surface area contributed by atoms with Gasteiger partial charge < -0.3 is 21.3 Å². The SMILES string of the molecule is CC(C)C[C@H](N)C(=O)O.N[C@H](C(=O)OC1CCCC1)c1ccccc1. The van der Waals surface area contributed by atoms with E-state index < -0.39 is 18.1 Å². The van der Waals surface area contributed by atoms with E-state index in [0.717, 1.165) is 31.2 Å². The van der Waals surface area contributed by atoms with Crippen LogP contribution in [0.4, 0.5) is 0 Å². The molecule has 0 saturated heterocycles. The van der Waals surface area contributed by atoms with Gasteiger partial charge in [0.2, 0.25) is 0 Å². The molecule has 0 radical (unpaired) electrons. The number of carbonyl (C=O) groups is 2. The Morgan fingerprint density at radius 2 is 1.72 bits per heavy atom. The molecule has 0 unspecified atom stereocenters. The van der Waals surface area contributed by atoms with Crippen LogP contribution in [0.1, 0.15) is 57.6 Å². The highest BCUT2D eigenvalue weighted by atomic mass is 16.5. The summed E-state index contributed by atoms with van der Waals surface area (Å²) in [6, 6.07) is 8.00. The van der Waals surface area contributed by atoms with Crippen molar-refractivity contribution in [3.05, 3.63) is 35.9 Å². The number of hydrogen-bond acceptors (Lipinski definition) is 5. The topological polar surface area (TPSA) is 116 Å². The molecule has 25 heavy (non-hydrogen) atoms. The van der Waals surface area contributed by atoms with Crippen LogP contribution < -0.4 is 11.5 Å². The molecular weight excluding hydrogens is 320 g/mol. The monoisotopic (exact) mass is 350 g/mol. The van der Waals surface area contributed by atoms with Gasteiger partial charge in [-0.25, -0.2) is 4.79 Å². The molecule has 0 heterocycles. The maximum absolute atomic E-state index is 11.8. The average molecular weight is 350 g/mol. The summed E-state index contributed by atoms with van der Waals surface area (Å²) in [5.74, 6) is -0.863. The predicted molar refractivity (Wildman–Crippen MR) is 96.8 cm³/mol. The van der Waals surface area contributed by atoms with Crippen LogP contribution in [-0.2, 0) is 14.3 Å². The fourth-order valence-corrected chi connectivity index (χ4v) is 2.65. The maximum Gasteiger partial charge on any atom is 0.327 e. The molecule has 0 aromatic heterocycles. The first-order valence-corrected chi connectivity index (χ1v) is 8.80. The molecule has 2 atom stereocenters. The van der Waals surface area contributed by atoms with Gasteiger partial charge in [-0.3, -0.25) is 4.79 Å². The van der Waals surface area contributed by atoms with E-state index in [1.54, 1.807) is 0 Å². The van der Waals surface area contributed by atoms with E-state index >= 15 is 0 Å². The highest BCUT2D eigenvalue weighted by Gasteiger charge is 2.23. The van der Waals surface area contributed by atoms with Crippen LogP contribution in [0.15, 0.2) is 30.3 Å². The van der Waals surface area contributed by atoms with Crippen molar-refractivity contribution in [3.63, 3.8) is 0 Å². The minimum atomic E-state index is -0.913. The zero-order chi connectivity index (χ0) is 18.8. The van der Waals surface area contributed by atoms with Crippen molar-refractivity contribution in [2.75, 3.05) is 0 Å². The summed E-state index contributed by atoms with van der Waals surface area (Å²) in [5, 5.41) is 8.31. The Morgan fingerprint density at radius 1 is 1.16 bits per heavy atom. The van der Waals surface area contributed by atoms with Gasteiger partial charge in [0.1, 0.15) is 18.2 Å². The Hall–Kier alpha value is -1.92. The molecule has 1 fully saturated rings. The third-order valence-corrected chi connectivity index (χ3v) is 4.04. The van der Waals surface area contributed by atoms with Crippen molar-refractivity contribution in [1.82, 2.24) is 0 Å². The molecule has 140 valence electrons. The number of ether oxygens (including phenoxy) is 1. The van der Waals surface area contributed by atoms with E-state index in [1.807, 2.05) is 44.2 Å². The number of hydrogen-bond donors (Lipinski definition) is 3. The van der Waals surface area contributed by atoms with E-state index in [0.29, 0.717) is 12.3 Å². The van der Waals surface area contributed by atoms with Gasteiger partial charge in [0, 0.05) is 0 Å². The second kappa shape index (κ2) is 10.8. The van der Waals surface area contributed by atoms with Crippen LogP contribution in [0.25, 0.3) is 0 Å². The minimum absolute atomic E-state index is 0.0854. The van der Waals surface area contributed by atoms with E-state index in [2.05, 4.69) is 0 Å². The second-order valence-corrected chi connectivity index (χ2v) is 6.81. The van der Waals surface area contributed by atoms with Crippen molar-refractivity contribution >= 4 is 11.9 Å². The first kappa shape index (κ1) is 21.1. The van der Waals surface area contributed by atoms with Gasteiger partial charge in [-0.2, -0.15) is 0 Å². The first-order valence-electron chi connectivity index (χ1n) is 8.80. The lowest BCUT2D eigenvalue weighted by Crippen LogP contribution is -2.31. The molecule has 0 bridgehead atoms. The Labute approximate surface area is 149 Å². The molecule has 0 spiro atoms. The van der Waals surface area contributed by atoms with Gasteiger partial charge in [0.15, 0.2) is 0 Å². The van der Waals surface area contributed by atoms with Crippen LogP contribution in [-0.4, -0.2) is 29.2 Å². The number of carbonyl (C=O) groups excluding carboxylic acids is 1. The molecule has 6 heteroatoms. The largest absolute Gasteiger partial charge is 0.480 e. The second-order valence-electron chi connectivity index (χ2n) is 6.81. The summed E-state index contributed by atoms with van der Waals surface area (Å²) in [6.45, 7) is 3.89. The molecule has 1 aromatic rings. The lowest BCUT2D eigenvalue weighted by molar-refractivity contribution is -0.150. The van der Waals surface area contributed by atoms with Gasteiger partial charge in [-0.1, -0.05) is 44.2 Å². The standard InChI is InChI=1S/C13H17NO2.C6H13NO2/c14-12(10-6-2-1-3-7-10)13(15)16-11-8-4-5-9-11;1-4(2)3-5(7)6(8)9/h1-3,6-7,11-12H,4-5,8-9,14H2;4-5H,3,7H2,1-2H3,(H,8,9)/t12-;5-/m00/s1. The molecule has 0 amide bonds.